The van der Waals surface area contributed by atoms with E-state index in [-0.39, 0.29) is 29.2 Å². The molecule has 284 valence electrons. The molecule has 2 atom stereocenters. The van der Waals surface area contributed by atoms with Crippen molar-refractivity contribution in [3.05, 3.63) is 198 Å². The summed E-state index contributed by atoms with van der Waals surface area (Å²) in [6, 6.07) is 50.6. The normalized spacial score (nSPS) is 11.5. The van der Waals surface area contributed by atoms with Crippen molar-refractivity contribution in [2.75, 3.05) is 16.0 Å². The summed E-state index contributed by atoms with van der Waals surface area (Å²) in [5, 5.41) is 13.1. The van der Waals surface area contributed by atoms with E-state index in [1.807, 2.05) is 153 Å². The van der Waals surface area contributed by atoms with Crippen LogP contribution in [0.3, 0.4) is 0 Å². The van der Waals surface area contributed by atoms with Gasteiger partial charge in [-0.15, -0.1) is 0 Å². The molecule has 11 heteroatoms. The Morgan fingerprint density at radius 2 is 1.00 bits per heavy atom. The molecular formula is C46H41ClN8O2. The van der Waals surface area contributed by atoms with Crippen molar-refractivity contribution in [2.24, 2.45) is 5.73 Å². The van der Waals surface area contributed by atoms with Crippen LogP contribution in [-0.2, 0) is 0 Å². The highest BCUT2D eigenvalue weighted by Crippen LogP contribution is 2.20. The smallest absolute Gasteiger partial charge is 0.256 e. The van der Waals surface area contributed by atoms with E-state index in [2.05, 4.69) is 35.9 Å². The SMILES string of the molecule is C[C@H](N)c1ccccc1.C[C@H](Nc1nccc(NC(=O)c2ccc3ccccc3c2)n1)c1ccccc1.O=C(Nc1ccnc(Cl)n1)c1ccc2ccccc2c1. The second-order valence-electron chi connectivity index (χ2n) is 13.0. The molecule has 6 aromatic carbocycles. The van der Waals surface area contributed by atoms with Crippen molar-refractivity contribution in [3.8, 4) is 0 Å². The van der Waals surface area contributed by atoms with E-state index >= 15 is 0 Å². The molecule has 0 fully saturated rings. The largest absolute Gasteiger partial charge is 0.348 e. The lowest BCUT2D eigenvalue weighted by Gasteiger charge is -2.14. The number of carbonyl (C=O) groups excluding carboxylic acids is 2. The molecule has 0 unspecified atom stereocenters. The molecule has 0 saturated heterocycles. The third kappa shape index (κ3) is 11.5. The molecule has 2 amide bonds. The Balaban J connectivity index is 0.000000164. The number of amides is 2. The van der Waals surface area contributed by atoms with Crippen LogP contribution >= 0.6 is 11.6 Å². The first-order valence-corrected chi connectivity index (χ1v) is 18.6. The van der Waals surface area contributed by atoms with Crippen LogP contribution in [0.2, 0.25) is 5.28 Å². The van der Waals surface area contributed by atoms with Crippen LogP contribution in [-0.4, -0.2) is 31.8 Å². The third-order valence-electron chi connectivity index (χ3n) is 8.76. The van der Waals surface area contributed by atoms with E-state index in [0.717, 1.165) is 27.1 Å². The van der Waals surface area contributed by atoms with E-state index in [9.17, 15) is 9.59 Å². The highest BCUT2D eigenvalue weighted by atomic mass is 35.5. The molecule has 5 N–H and O–H groups in total. The first kappa shape index (κ1) is 39.7. The van der Waals surface area contributed by atoms with Crippen LogP contribution < -0.4 is 21.7 Å². The van der Waals surface area contributed by atoms with Gasteiger partial charge in [-0.2, -0.15) is 4.98 Å². The van der Waals surface area contributed by atoms with E-state index in [1.54, 1.807) is 24.4 Å². The van der Waals surface area contributed by atoms with Gasteiger partial charge in [0.05, 0.1) is 6.04 Å². The highest BCUT2D eigenvalue weighted by Gasteiger charge is 2.11. The Morgan fingerprint density at radius 3 is 1.49 bits per heavy atom. The Morgan fingerprint density at radius 1 is 0.544 bits per heavy atom. The van der Waals surface area contributed by atoms with Gasteiger partial charge in [0.15, 0.2) is 0 Å². The lowest BCUT2D eigenvalue weighted by Crippen LogP contribution is -2.15. The van der Waals surface area contributed by atoms with Crippen molar-refractivity contribution >= 4 is 62.5 Å². The third-order valence-corrected chi connectivity index (χ3v) is 8.94. The fourth-order valence-corrected chi connectivity index (χ4v) is 5.86. The number of rotatable bonds is 8. The monoisotopic (exact) mass is 772 g/mol. The van der Waals surface area contributed by atoms with Gasteiger partial charge in [0.25, 0.3) is 11.8 Å². The standard InChI is InChI=1S/C23H20N4O.C15H10ClN3O.C8H11N/c1-16(17-7-3-2-4-8-17)25-23-24-14-13-21(27-23)26-22(28)20-12-11-18-9-5-6-10-19(18)15-20;16-15-17-8-7-13(19-15)18-14(20)12-6-5-10-3-1-2-4-11(10)9-12;1-7(9)8-5-3-2-4-6-8/h2-16H,1H3,(H2,24,25,26,27,28);1-9H,(H,17,18,19,20);2-7H,9H2,1H3/t16-;;7-/m0.0/s1. The van der Waals surface area contributed by atoms with Crippen molar-refractivity contribution in [1.82, 2.24) is 19.9 Å². The Bertz CT molecular complexity index is 2570. The zero-order chi connectivity index (χ0) is 40.0. The minimum absolute atomic E-state index is 0.0487. The number of hydrogen-bond acceptors (Lipinski definition) is 8. The number of nitrogens with two attached hydrogens (primary N) is 1. The van der Waals surface area contributed by atoms with Crippen LogP contribution in [0, 0.1) is 0 Å². The fourth-order valence-electron chi connectivity index (χ4n) is 5.72. The summed E-state index contributed by atoms with van der Waals surface area (Å²) in [5.41, 5.74) is 9.10. The average molecular weight is 773 g/mol. The molecule has 0 aliphatic rings. The zero-order valence-corrected chi connectivity index (χ0v) is 32.1. The summed E-state index contributed by atoms with van der Waals surface area (Å²) >= 11 is 5.68. The number of fused-ring (bicyclic) bond motifs is 2. The predicted octanol–water partition coefficient (Wildman–Crippen LogP) is 10.3. The molecule has 10 nitrogen and oxygen atoms in total. The van der Waals surface area contributed by atoms with Gasteiger partial charge in [-0.25, -0.2) is 15.0 Å². The molecule has 0 bridgehead atoms. The quantitative estimate of drug-likeness (QED) is 0.112. The van der Waals surface area contributed by atoms with Gasteiger partial charge in [-0.3, -0.25) is 9.59 Å². The second-order valence-corrected chi connectivity index (χ2v) is 13.3. The maximum Gasteiger partial charge on any atom is 0.256 e. The summed E-state index contributed by atoms with van der Waals surface area (Å²) in [6.45, 7) is 4.02. The topological polar surface area (TPSA) is 148 Å². The van der Waals surface area contributed by atoms with Crippen LogP contribution in [0.1, 0.15) is 57.8 Å². The van der Waals surface area contributed by atoms with Crippen molar-refractivity contribution in [1.29, 1.82) is 0 Å². The summed E-state index contributed by atoms with van der Waals surface area (Å²) in [6.07, 6.45) is 3.12. The highest BCUT2D eigenvalue weighted by molar-refractivity contribution is 6.28. The minimum Gasteiger partial charge on any atom is -0.348 e. The second kappa shape index (κ2) is 19.5. The first-order chi connectivity index (χ1) is 27.7. The van der Waals surface area contributed by atoms with Gasteiger partial charge in [0.2, 0.25) is 11.2 Å². The van der Waals surface area contributed by atoms with Gasteiger partial charge >= 0.3 is 0 Å². The number of benzene rings is 6. The Hall–Kier alpha value is -7.01. The molecule has 0 aliphatic heterocycles. The molecule has 0 saturated carbocycles. The Kier molecular flexibility index (Phi) is 13.6. The summed E-state index contributed by atoms with van der Waals surface area (Å²) in [4.78, 5) is 41.1. The van der Waals surface area contributed by atoms with Crippen LogP contribution in [0.4, 0.5) is 17.6 Å². The number of aromatic nitrogens is 4. The van der Waals surface area contributed by atoms with Gasteiger partial charge in [0, 0.05) is 29.6 Å². The number of halogens is 1. The molecular weight excluding hydrogens is 732 g/mol. The molecule has 0 aliphatic carbocycles. The molecule has 8 aromatic rings. The molecule has 0 spiro atoms. The summed E-state index contributed by atoms with van der Waals surface area (Å²) in [5.74, 6) is 0.865. The first-order valence-electron chi connectivity index (χ1n) is 18.3. The molecule has 57 heavy (non-hydrogen) atoms. The predicted molar refractivity (Wildman–Crippen MR) is 230 cm³/mol. The van der Waals surface area contributed by atoms with Gasteiger partial charge in [0.1, 0.15) is 11.6 Å². The lowest BCUT2D eigenvalue weighted by atomic mass is 10.1. The number of hydrogen-bond donors (Lipinski definition) is 4. The molecule has 2 heterocycles. The summed E-state index contributed by atoms with van der Waals surface area (Å²) < 4.78 is 0. The van der Waals surface area contributed by atoms with E-state index in [0.29, 0.717) is 28.7 Å². The van der Waals surface area contributed by atoms with Crippen molar-refractivity contribution < 1.29 is 9.59 Å². The zero-order valence-electron chi connectivity index (χ0n) is 31.4. The van der Waals surface area contributed by atoms with E-state index < -0.39 is 0 Å². The van der Waals surface area contributed by atoms with E-state index in [1.165, 1.54) is 11.8 Å². The Labute approximate surface area is 336 Å². The van der Waals surface area contributed by atoms with Gasteiger partial charge in [-0.05, 0) is 94.5 Å². The molecule has 2 aromatic heterocycles. The number of anilines is 3. The molecule has 0 radical (unpaired) electrons. The maximum absolute atomic E-state index is 12.6. The molecule has 8 rings (SSSR count). The van der Waals surface area contributed by atoms with Gasteiger partial charge in [-0.1, -0.05) is 121 Å². The van der Waals surface area contributed by atoms with Crippen LogP contribution in [0.15, 0.2) is 170 Å². The number of nitrogens with zero attached hydrogens (tertiary/aromatic N) is 4. The minimum atomic E-state index is -0.231. The number of carbonyl (C=O) groups is 2. The fraction of sp³-hybridized carbons (Fsp3) is 0.0870. The van der Waals surface area contributed by atoms with Crippen LogP contribution in [0.25, 0.3) is 21.5 Å². The average Bonchev–Trinajstić information content (AvgIpc) is 3.24. The lowest BCUT2D eigenvalue weighted by molar-refractivity contribution is 0.101. The van der Waals surface area contributed by atoms with E-state index in [4.69, 9.17) is 17.3 Å². The van der Waals surface area contributed by atoms with Crippen molar-refractivity contribution in [2.45, 2.75) is 25.9 Å². The number of nitrogens with one attached hydrogen (secondary N) is 3. The van der Waals surface area contributed by atoms with Crippen LogP contribution in [0.5, 0.6) is 0 Å². The van der Waals surface area contributed by atoms with Gasteiger partial charge < -0.3 is 21.7 Å². The van der Waals surface area contributed by atoms with Crippen molar-refractivity contribution in [3.63, 3.8) is 0 Å². The summed E-state index contributed by atoms with van der Waals surface area (Å²) in [7, 11) is 0. The maximum atomic E-state index is 12.6.